The molecule has 0 radical (unpaired) electrons. The highest BCUT2D eigenvalue weighted by Crippen LogP contribution is 2.15. The van der Waals surface area contributed by atoms with Gasteiger partial charge in [0.2, 0.25) is 11.8 Å². The normalized spacial score (nSPS) is 10.5. The third kappa shape index (κ3) is 2.31. The van der Waals surface area contributed by atoms with Gasteiger partial charge in [-0.3, -0.25) is 10.1 Å². The molecule has 1 aromatic rings. The zero-order valence-corrected chi connectivity index (χ0v) is 8.34. The summed E-state index contributed by atoms with van der Waals surface area (Å²) in [5.41, 5.74) is 0.714. The van der Waals surface area contributed by atoms with Crippen LogP contribution in [0.4, 0.5) is 5.88 Å². The van der Waals surface area contributed by atoms with Crippen LogP contribution in [0.15, 0.2) is 4.42 Å². The van der Waals surface area contributed by atoms with E-state index in [0.717, 1.165) is 0 Å². The van der Waals surface area contributed by atoms with Crippen LogP contribution in [0.5, 0.6) is 0 Å². The molecule has 0 bridgehead atoms. The predicted molar refractivity (Wildman–Crippen MR) is 49.4 cm³/mol. The van der Waals surface area contributed by atoms with Gasteiger partial charge in [0, 0.05) is 12.8 Å². The molecule has 0 aliphatic rings. The maximum absolute atomic E-state index is 11.3. The van der Waals surface area contributed by atoms with Crippen LogP contribution in [0.25, 0.3) is 0 Å². The number of amides is 1. The van der Waals surface area contributed by atoms with E-state index in [1.54, 1.807) is 13.8 Å². The van der Waals surface area contributed by atoms with Crippen molar-refractivity contribution in [2.24, 2.45) is 5.92 Å². The summed E-state index contributed by atoms with van der Waals surface area (Å²) in [6.45, 7) is 7.20. The van der Waals surface area contributed by atoms with E-state index in [-0.39, 0.29) is 11.8 Å². The average molecular weight is 182 g/mol. The topological polar surface area (TPSA) is 55.1 Å². The Morgan fingerprint density at radius 2 is 2.08 bits per heavy atom. The third-order valence-corrected chi connectivity index (χ3v) is 1.66. The molecule has 0 fully saturated rings. The van der Waals surface area contributed by atoms with Gasteiger partial charge in [-0.25, -0.2) is 4.98 Å². The van der Waals surface area contributed by atoms with Crippen LogP contribution in [-0.2, 0) is 4.79 Å². The Morgan fingerprint density at radius 3 is 2.46 bits per heavy atom. The second kappa shape index (κ2) is 3.60. The maximum Gasteiger partial charge on any atom is 0.229 e. The van der Waals surface area contributed by atoms with Crippen LogP contribution < -0.4 is 5.32 Å². The summed E-state index contributed by atoms with van der Waals surface area (Å²) in [5, 5.41) is 2.66. The van der Waals surface area contributed by atoms with Crippen molar-refractivity contribution in [2.45, 2.75) is 27.7 Å². The fourth-order valence-corrected chi connectivity index (χ4v) is 0.904. The van der Waals surface area contributed by atoms with E-state index in [1.165, 1.54) is 0 Å². The molecule has 1 rings (SSSR count). The van der Waals surface area contributed by atoms with Gasteiger partial charge in [0.25, 0.3) is 0 Å². The van der Waals surface area contributed by atoms with E-state index >= 15 is 0 Å². The van der Waals surface area contributed by atoms with Crippen molar-refractivity contribution in [1.29, 1.82) is 0 Å². The van der Waals surface area contributed by atoms with Crippen LogP contribution in [0.3, 0.4) is 0 Å². The van der Waals surface area contributed by atoms with Crippen LogP contribution >= 0.6 is 0 Å². The predicted octanol–water partition coefficient (Wildman–Crippen LogP) is 1.89. The lowest BCUT2D eigenvalue weighted by atomic mass is 10.2. The van der Waals surface area contributed by atoms with Gasteiger partial charge in [-0.05, 0) is 6.92 Å². The number of carbonyl (C=O) groups is 1. The Labute approximate surface area is 77.3 Å². The number of aromatic nitrogens is 1. The lowest BCUT2D eigenvalue weighted by Crippen LogP contribution is -2.17. The van der Waals surface area contributed by atoms with Crippen LogP contribution in [0.1, 0.15) is 25.4 Å². The van der Waals surface area contributed by atoms with Gasteiger partial charge in [-0.1, -0.05) is 13.8 Å². The number of rotatable bonds is 2. The molecule has 0 saturated heterocycles. The number of aryl methyl sites for hydroxylation is 2. The van der Waals surface area contributed by atoms with Gasteiger partial charge in [0.05, 0.1) is 0 Å². The number of hydrogen-bond acceptors (Lipinski definition) is 3. The Hall–Kier alpha value is -1.32. The minimum atomic E-state index is -0.0562. The van der Waals surface area contributed by atoms with E-state index in [4.69, 9.17) is 4.42 Å². The molecule has 1 heterocycles. The first kappa shape index (κ1) is 9.77. The summed E-state index contributed by atoms with van der Waals surface area (Å²) in [5.74, 6) is 0.914. The highest BCUT2D eigenvalue weighted by Gasteiger charge is 2.12. The molecule has 0 unspecified atom stereocenters. The SMILES string of the molecule is Cc1nc(C)c(NC(=O)C(C)C)o1. The van der Waals surface area contributed by atoms with E-state index in [0.29, 0.717) is 17.5 Å². The first-order valence-corrected chi connectivity index (χ1v) is 4.25. The van der Waals surface area contributed by atoms with Crippen LogP contribution in [0.2, 0.25) is 0 Å². The van der Waals surface area contributed by atoms with Gasteiger partial charge in [0.15, 0.2) is 5.89 Å². The van der Waals surface area contributed by atoms with E-state index in [2.05, 4.69) is 10.3 Å². The highest BCUT2D eigenvalue weighted by molar-refractivity contribution is 5.91. The van der Waals surface area contributed by atoms with Crippen molar-refractivity contribution in [3.8, 4) is 0 Å². The standard InChI is InChI=1S/C9H14N2O2/c1-5(2)8(12)11-9-6(3)10-7(4)13-9/h5H,1-4H3,(H,11,12). The summed E-state index contributed by atoms with van der Waals surface area (Å²) < 4.78 is 5.19. The molecule has 4 nitrogen and oxygen atoms in total. The van der Waals surface area contributed by atoms with Gasteiger partial charge >= 0.3 is 0 Å². The first-order valence-electron chi connectivity index (χ1n) is 4.25. The smallest absolute Gasteiger partial charge is 0.229 e. The van der Waals surface area contributed by atoms with Crippen molar-refractivity contribution in [1.82, 2.24) is 4.98 Å². The molecule has 1 amide bonds. The molecular formula is C9H14N2O2. The number of nitrogens with one attached hydrogen (secondary N) is 1. The summed E-state index contributed by atoms with van der Waals surface area (Å²) in [4.78, 5) is 15.3. The summed E-state index contributed by atoms with van der Waals surface area (Å²) in [7, 11) is 0. The number of oxazole rings is 1. The Kier molecular flexibility index (Phi) is 2.70. The fourth-order valence-electron chi connectivity index (χ4n) is 0.904. The molecular weight excluding hydrogens is 168 g/mol. The Morgan fingerprint density at radius 1 is 1.46 bits per heavy atom. The van der Waals surface area contributed by atoms with Crippen molar-refractivity contribution >= 4 is 11.8 Å². The van der Waals surface area contributed by atoms with Crippen LogP contribution in [0, 0.1) is 19.8 Å². The monoisotopic (exact) mass is 182 g/mol. The minimum Gasteiger partial charge on any atom is -0.425 e. The number of nitrogens with zero attached hydrogens (tertiary/aromatic N) is 1. The summed E-state index contributed by atoms with van der Waals surface area (Å²) in [6.07, 6.45) is 0. The summed E-state index contributed by atoms with van der Waals surface area (Å²) in [6, 6.07) is 0. The molecule has 0 spiro atoms. The van der Waals surface area contributed by atoms with Crippen molar-refractivity contribution in [3.63, 3.8) is 0 Å². The quantitative estimate of drug-likeness (QED) is 0.759. The molecule has 0 saturated carbocycles. The van der Waals surface area contributed by atoms with E-state index in [1.807, 2.05) is 13.8 Å². The van der Waals surface area contributed by atoms with Crippen molar-refractivity contribution in [2.75, 3.05) is 5.32 Å². The molecule has 1 N–H and O–H groups in total. The largest absolute Gasteiger partial charge is 0.425 e. The van der Waals surface area contributed by atoms with Crippen molar-refractivity contribution in [3.05, 3.63) is 11.6 Å². The Bertz CT molecular complexity index is 315. The zero-order valence-electron chi connectivity index (χ0n) is 8.34. The average Bonchev–Trinajstić information content (AvgIpc) is 2.30. The van der Waals surface area contributed by atoms with E-state index < -0.39 is 0 Å². The lowest BCUT2D eigenvalue weighted by Gasteiger charge is -2.04. The number of anilines is 1. The molecule has 13 heavy (non-hydrogen) atoms. The number of hydrogen-bond donors (Lipinski definition) is 1. The van der Waals surface area contributed by atoms with Crippen molar-refractivity contribution < 1.29 is 9.21 Å². The molecule has 0 aliphatic carbocycles. The third-order valence-electron chi connectivity index (χ3n) is 1.66. The molecule has 0 aliphatic heterocycles. The maximum atomic E-state index is 11.3. The Balaban J connectivity index is 2.74. The van der Waals surface area contributed by atoms with Gasteiger partial charge in [-0.2, -0.15) is 0 Å². The molecule has 4 heteroatoms. The highest BCUT2D eigenvalue weighted by atomic mass is 16.4. The zero-order chi connectivity index (χ0) is 10.0. The van der Waals surface area contributed by atoms with E-state index in [9.17, 15) is 4.79 Å². The van der Waals surface area contributed by atoms with Gasteiger partial charge in [0.1, 0.15) is 5.69 Å². The lowest BCUT2D eigenvalue weighted by molar-refractivity contribution is -0.119. The molecule has 0 atom stereocenters. The number of carbonyl (C=O) groups excluding carboxylic acids is 1. The van der Waals surface area contributed by atoms with Gasteiger partial charge < -0.3 is 4.42 Å². The summed E-state index contributed by atoms with van der Waals surface area (Å²) >= 11 is 0. The fraction of sp³-hybridized carbons (Fsp3) is 0.556. The minimum absolute atomic E-state index is 0.0511. The second-order valence-electron chi connectivity index (χ2n) is 3.29. The van der Waals surface area contributed by atoms with Gasteiger partial charge in [-0.15, -0.1) is 0 Å². The molecule has 1 aromatic heterocycles. The second-order valence-corrected chi connectivity index (χ2v) is 3.29. The molecule has 72 valence electrons. The van der Waals surface area contributed by atoms with Crippen LogP contribution in [-0.4, -0.2) is 10.9 Å². The first-order chi connectivity index (χ1) is 6.00. The molecule has 0 aromatic carbocycles.